The molecule has 158 valence electrons. The Bertz CT molecular complexity index is 1170. The molecule has 0 saturated heterocycles. The molecule has 0 aliphatic heterocycles. The molecule has 0 aliphatic rings. The van der Waals surface area contributed by atoms with Crippen LogP contribution < -0.4 is 15.4 Å². The van der Waals surface area contributed by atoms with Crippen LogP contribution in [-0.2, 0) is 11.4 Å². The Morgan fingerprint density at radius 2 is 1.38 bits per heavy atom. The standard InChI is InChI=1S/C28H24N2O2/c31-28(30-26-17-15-25(16-18-26)29-24-11-5-2-6-12-24)19-14-22-10-7-13-27(20-22)32-21-23-8-3-1-4-9-23/h1-20,29H,21H2,(H,30,31)/b19-14+. The van der Waals surface area contributed by atoms with Crippen LogP contribution in [0.1, 0.15) is 11.1 Å². The number of amides is 1. The maximum absolute atomic E-state index is 12.3. The van der Waals surface area contributed by atoms with E-state index in [2.05, 4.69) is 10.6 Å². The first kappa shape index (κ1) is 20.9. The van der Waals surface area contributed by atoms with Gasteiger partial charge in [-0.05, 0) is 65.7 Å². The van der Waals surface area contributed by atoms with Gasteiger partial charge in [0.05, 0.1) is 0 Å². The average molecular weight is 421 g/mol. The fourth-order valence-electron chi connectivity index (χ4n) is 3.13. The van der Waals surface area contributed by atoms with Crippen molar-refractivity contribution in [2.45, 2.75) is 6.61 Å². The molecule has 1 amide bonds. The van der Waals surface area contributed by atoms with Gasteiger partial charge in [0.1, 0.15) is 12.4 Å². The van der Waals surface area contributed by atoms with Crippen LogP contribution >= 0.6 is 0 Å². The van der Waals surface area contributed by atoms with Crippen molar-refractivity contribution in [3.63, 3.8) is 0 Å². The SMILES string of the molecule is O=C(/C=C/c1cccc(OCc2ccccc2)c1)Nc1ccc(Nc2ccccc2)cc1. The normalized spacial score (nSPS) is 10.6. The molecule has 4 aromatic carbocycles. The Hall–Kier alpha value is -4.31. The second-order valence-corrected chi connectivity index (χ2v) is 7.24. The molecule has 0 unspecified atom stereocenters. The number of hydrogen-bond donors (Lipinski definition) is 2. The summed E-state index contributed by atoms with van der Waals surface area (Å²) in [7, 11) is 0. The van der Waals surface area contributed by atoms with E-state index >= 15 is 0 Å². The summed E-state index contributed by atoms with van der Waals surface area (Å²) in [6.45, 7) is 0.504. The van der Waals surface area contributed by atoms with Gasteiger partial charge in [-0.2, -0.15) is 0 Å². The molecule has 2 N–H and O–H groups in total. The Morgan fingerprint density at radius 3 is 2.12 bits per heavy atom. The minimum absolute atomic E-state index is 0.190. The van der Waals surface area contributed by atoms with Crippen molar-refractivity contribution in [1.29, 1.82) is 0 Å². The summed E-state index contributed by atoms with van der Waals surface area (Å²) in [5, 5.41) is 6.20. The number of carbonyl (C=O) groups excluding carboxylic acids is 1. The molecule has 0 saturated carbocycles. The number of anilines is 3. The minimum Gasteiger partial charge on any atom is -0.489 e. The second-order valence-electron chi connectivity index (χ2n) is 7.24. The molecule has 0 bridgehead atoms. The van der Waals surface area contributed by atoms with Gasteiger partial charge in [-0.3, -0.25) is 4.79 Å². The first-order chi connectivity index (χ1) is 15.7. The molecule has 0 radical (unpaired) electrons. The monoisotopic (exact) mass is 420 g/mol. The highest BCUT2D eigenvalue weighted by Gasteiger charge is 2.01. The van der Waals surface area contributed by atoms with Crippen molar-refractivity contribution < 1.29 is 9.53 Å². The van der Waals surface area contributed by atoms with Crippen LogP contribution in [0.5, 0.6) is 5.75 Å². The number of ether oxygens (including phenoxy) is 1. The molecule has 0 aromatic heterocycles. The van der Waals surface area contributed by atoms with Gasteiger partial charge in [-0.25, -0.2) is 0 Å². The van der Waals surface area contributed by atoms with E-state index in [1.165, 1.54) is 6.08 Å². The number of para-hydroxylation sites is 1. The summed E-state index contributed by atoms with van der Waals surface area (Å²) in [6.07, 6.45) is 3.29. The smallest absolute Gasteiger partial charge is 0.248 e. The molecule has 0 fully saturated rings. The van der Waals surface area contributed by atoms with E-state index in [0.717, 1.165) is 33.9 Å². The van der Waals surface area contributed by atoms with E-state index in [0.29, 0.717) is 6.61 Å². The third-order valence-corrected chi connectivity index (χ3v) is 4.75. The van der Waals surface area contributed by atoms with Crippen molar-refractivity contribution in [3.05, 3.63) is 126 Å². The Morgan fingerprint density at radius 1 is 0.719 bits per heavy atom. The lowest BCUT2D eigenvalue weighted by molar-refractivity contribution is -0.111. The summed E-state index contributed by atoms with van der Waals surface area (Å²) < 4.78 is 5.85. The second kappa shape index (κ2) is 10.6. The van der Waals surface area contributed by atoms with Crippen LogP contribution in [0.3, 0.4) is 0 Å². The van der Waals surface area contributed by atoms with Gasteiger partial charge in [0.25, 0.3) is 0 Å². The fourth-order valence-corrected chi connectivity index (χ4v) is 3.13. The third kappa shape index (κ3) is 6.34. The number of hydrogen-bond acceptors (Lipinski definition) is 3. The molecule has 4 rings (SSSR count). The lowest BCUT2D eigenvalue weighted by Crippen LogP contribution is -2.07. The molecule has 4 aromatic rings. The van der Waals surface area contributed by atoms with E-state index in [4.69, 9.17) is 4.74 Å². The predicted octanol–water partition coefficient (Wildman–Crippen LogP) is 6.66. The number of carbonyl (C=O) groups is 1. The van der Waals surface area contributed by atoms with Crippen molar-refractivity contribution in [2.75, 3.05) is 10.6 Å². The molecule has 4 nitrogen and oxygen atoms in total. The molecule has 0 aliphatic carbocycles. The highest BCUT2D eigenvalue weighted by Crippen LogP contribution is 2.19. The zero-order valence-corrected chi connectivity index (χ0v) is 17.6. The minimum atomic E-state index is -0.190. The van der Waals surface area contributed by atoms with Crippen LogP contribution in [0, 0.1) is 0 Å². The Labute approximate surface area is 188 Å². The van der Waals surface area contributed by atoms with E-state index in [-0.39, 0.29) is 5.91 Å². The van der Waals surface area contributed by atoms with E-state index in [9.17, 15) is 4.79 Å². The molecular formula is C28H24N2O2. The van der Waals surface area contributed by atoms with Crippen molar-refractivity contribution in [1.82, 2.24) is 0 Å². The topological polar surface area (TPSA) is 50.4 Å². The van der Waals surface area contributed by atoms with Gasteiger partial charge >= 0.3 is 0 Å². The fraction of sp³-hybridized carbons (Fsp3) is 0.0357. The van der Waals surface area contributed by atoms with E-state index in [1.54, 1.807) is 6.08 Å². The highest BCUT2D eigenvalue weighted by atomic mass is 16.5. The van der Waals surface area contributed by atoms with Crippen LogP contribution in [0.25, 0.3) is 6.08 Å². The maximum atomic E-state index is 12.3. The van der Waals surface area contributed by atoms with Crippen LogP contribution in [-0.4, -0.2) is 5.91 Å². The summed E-state index contributed by atoms with van der Waals surface area (Å²) in [6, 6.07) is 35.2. The van der Waals surface area contributed by atoms with Crippen LogP contribution in [0.2, 0.25) is 0 Å². The molecule has 0 spiro atoms. The number of nitrogens with one attached hydrogen (secondary N) is 2. The largest absolute Gasteiger partial charge is 0.489 e. The lowest BCUT2D eigenvalue weighted by atomic mass is 10.2. The van der Waals surface area contributed by atoms with Gasteiger partial charge in [0.15, 0.2) is 0 Å². The summed E-state index contributed by atoms with van der Waals surface area (Å²) in [5.74, 6) is 0.572. The van der Waals surface area contributed by atoms with Crippen molar-refractivity contribution >= 4 is 29.0 Å². The van der Waals surface area contributed by atoms with Gasteiger partial charge in [-0.15, -0.1) is 0 Å². The summed E-state index contributed by atoms with van der Waals surface area (Å²) in [4.78, 5) is 12.3. The lowest BCUT2D eigenvalue weighted by Gasteiger charge is -2.08. The molecule has 4 heteroatoms. The van der Waals surface area contributed by atoms with Crippen molar-refractivity contribution in [3.8, 4) is 5.75 Å². The molecular weight excluding hydrogens is 396 g/mol. The van der Waals surface area contributed by atoms with E-state index < -0.39 is 0 Å². The number of rotatable bonds is 8. The Balaban J connectivity index is 1.30. The third-order valence-electron chi connectivity index (χ3n) is 4.75. The quantitative estimate of drug-likeness (QED) is 0.313. The van der Waals surface area contributed by atoms with E-state index in [1.807, 2.05) is 109 Å². The first-order valence-electron chi connectivity index (χ1n) is 10.4. The summed E-state index contributed by atoms with van der Waals surface area (Å²) in [5.41, 5.74) is 4.71. The molecule has 32 heavy (non-hydrogen) atoms. The highest BCUT2D eigenvalue weighted by molar-refractivity contribution is 6.02. The maximum Gasteiger partial charge on any atom is 0.248 e. The average Bonchev–Trinajstić information content (AvgIpc) is 2.84. The van der Waals surface area contributed by atoms with Crippen LogP contribution in [0.15, 0.2) is 115 Å². The van der Waals surface area contributed by atoms with Gasteiger partial charge in [0.2, 0.25) is 5.91 Å². The molecule has 0 heterocycles. The summed E-state index contributed by atoms with van der Waals surface area (Å²) >= 11 is 0. The zero-order valence-electron chi connectivity index (χ0n) is 17.6. The zero-order chi connectivity index (χ0) is 22.0. The van der Waals surface area contributed by atoms with Gasteiger partial charge < -0.3 is 15.4 Å². The number of benzene rings is 4. The van der Waals surface area contributed by atoms with Gasteiger partial charge in [-0.1, -0.05) is 60.7 Å². The van der Waals surface area contributed by atoms with Crippen molar-refractivity contribution in [2.24, 2.45) is 0 Å². The Kier molecular flexibility index (Phi) is 6.96. The van der Waals surface area contributed by atoms with Crippen LogP contribution in [0.4, 0.5) is 17.1 Å². The first-order valence-corrected chi connectivity index (χ1v) is 10.4. The van der Waals surface area contributed by atoms with Gasteiger partial charge in [0, 0.05) is 23.1 Å². The predicted molar refractivity (Wildman–Crippen MR) is 131 cm³/mol. The molecule has 0 atom stereocenters.